The highest BCUT2D eigenvalue weighted by molar-refractivity contribution is 6.13. The van der Waals surface area contributed by atoms with E-state index in [9.17, 15) is 4.79 Å². The van der Waals surface area contributed by atoms with Crippen LogP contribution in [0.4, 0.5) is 0 Å². The summed E-state index contributed by atoms with van der Waals surface area (Å²) in [5.74, 6) is 1.56. The Morgan fingerprint density at radius 2 is 1.35 bits per heavy atom. The van der Waals surface area contributed by atoms with E-state index in [0.717, 1.165) is 28.9 Å². The van der Waals surface area contributed by atoms with Gasteiger partial charge in [0.1, 0.15) is 11.5 Å². The van der Waals surface area contributed by atoms with Crippen LogP contribution in [-0.4, -0.2) is 20.5 Å². The number of benzene rings is 2. The van der Waals surface area contributed by atoms with Gasteiger partial charge in [-0.05, 0) is 41.5 Å². The molecule has 0 bridgehead atoms. The van der Waals surface area contributed by atoms with E-state index in [1.165, 1.54) is 0 Å². The molecule has 0 atom stereocenters. The largest absolute Gasteiger partial charge is 0.497 e. The SMILES string of the molecule is COc1ccc(/C=C(/C=O)c2ccc(OC)cc2)cc1. The number of methoxy groups -OCH3 is 2. The van der Waals surface area contributed by atoms with Crippen LogP contribution in [-0.2, 0) is 4.79 Å². The number of carbonyl (C=O) groups is 1. The smallest absolute Gasteiger partial charge is 0.150 e. The van der Waals surface area contributed by atoms with E-state index in [0.29, 0.717) is 5.57 Å². The molecule has 0 radical (unpaired) electrons. The van der Waals surface area contributed by atoms with Crippen molar-refractivity contribution in [3.8, 4) is 11.5 Å². The lowest BCUT2D eigenvalue weighted by atomic mass is 10.0. The van der Waals surface area contributed by atoms with Gasteiger partial charge in [0, 0.05) is 5.57 Å². The highest BCUT2D eigenvalue weighted by Gasteiger charge is 2.01. The van der Waals surface area contributed by atoms with Crippen LogP contribution < -0.4 is 9.47 Å². The molecule has 0 N–H and O–H groups in total. The predicted molar refractivity (Wildman–Crippen MR) is 79.9 cm³/mol. The summed E-state index contributed by atoms with van der Waals surface area (Å²) in [6.07, 6.45) is 2.69. The molecule has 0 saturated heterocycles. The van der Waals surface area contributed by atoms with E-state index < -0.39 is 0 Å². The average Bonchev–Trinajstić information content (AvgIpc) is 2.53. The quantitative estimate of drug-likeness (QED) is 0.473. The first-order valence-electron chi connectivity index (χ1n) is 6.22. The molecule has 0 amide bonds. The Bertz CT molecular complexity index is 595. The van der Waals surface area contributed by atoms with E-state index in [-0.39, 0.29) is 0 Å². The van der Waals surface area contributed by atoms with Crippen molar-refractivity contribution in [3.05, 3.63) is 59.7 Å². The van der Waals surface area contributed by atoms with E-state index in [1.807, 2.05) is 54.6 Å². The van der Waals surface area contributed by atoms with Crippen LogP contribution in [0.25, 0.3) is 11.6 Å². The second kappa shape index (κ2) is 6.57. The summed E-state index contributed by atoms with van der Waals surface area (Å²) < 4.78 is 10.2. The molecule has 0 heterocycles. The third-order valence-electron chi connectivity index (χ3n) is 2.99. The number of hydrogen-bond acceptors (Lipinski definition) is 3. The highest BCUT2D eigenvalue weighted by atomic mass is 16.5. The van der Waals surface area contributed by atoms with Gasteiger partial charge in [0.25, 0.3) is 0 Å². The zero-order chi connectivity index (χ0) is 14.4. The van der Waals surface area contributed by atoms with Gasteiger partial charge in [-0.15, -0.1) is 0 Å². The molecule has 3 nitrogen and oxygen atoms in total. The minimum absolute atomic E-state index is 0.623. The maximum absolute atomic E-state index is 11.3. The molecule has 0 saturated carbocycles. The minimum Gasteiger partial charge on any atom is -0.497 e. The molecule has 0 spiro atoms. The fraction of sp³-hybridized carbons (Fsp3) is 0.118. The standard InChI is InChI=1S/C17H16O3/c1-19-16-7-3-13(4-8-16)11-15(12-18)14-5-9-17(20-2)10-6-14/h3-12H,1-2H3/b15-11-. The van der Waals surface area contributed by atoms with Crippen LogP contribution in [0.2, 0.25) is 0 Å². The van der Waals surface area contributed by atoms with Crippen molar-refractivity contribution in [1.82, 2.24) is 0 Å². The number of ether oxygens (including phenoxy) is 2. The van der Waals surface area contributed by atoms with Crippen molar-refractivity contribution in [2.24, 2.45) is 0 Å². The monoisotopic (exact) mass is 268 g/mol. The molecule has 0 aliphatic rings. The molecular formula is C17H16O3. The minimum atomic E-state index is 0.623. The van der Waals surface area contributed by atoms with Crippen molar-refractivity contribution in [2.75, 3.05) is 14.2 Å². The average molecular weight is 268 g/mol. The van der Waals surface area contributed by atoms with Crippen LogP contribution in [0, 0.1) is 0 Å². The van der Waals surface area contributed by atoms with Gasteiger partial charge >= 0.3 is 0 Å². The van der Waals surface area contributed by atoms with Crippen LogP contribution in [0.1, 0.15) is 11.1 Å². The predicted octanol–water partition coefficient (Wildman–Crippen LogP) is 3.44. The van der Waals surface area contributed by atoms with Crippen molar-refractivity contribution in [2.45, 2.75) is 0 Å². The van der Waals surface area contributed by atoms with Gasteiger partial charge in [-0.25, -0.2) is 0 Å². The molecule has 3 heteroatoms. The van der Waals surface area contributed by atoms with Gasteiger partial charge in [-0.3, -0.25) is 4.79 Å². The Morgan fingerprint density at radius 3 is 1.80 bits per heavy atom. The second-order valence-electron chi connectivity index (χ2n) is 4.22. The molecule has 102 valence electrons. The number of hydrogen-bond donors (Lipinski definition) is 0. The Labute approximate surface area is 118 Å². The Hall–Kier alpha value is -2.55. The molecule has 20 heavy (non-hydrogen) atoms. The number of rotatable bonds is 5. The van der Waals surface area contributed by atoms with Gasteiger partial charge < -0.3 is 9.47 Å². The Balaban J connectivity index is 2.29. The summed E-state index contributed by atoms with van der Waals surface area (Å²) in [6.45, 7) is 0. The normalized spacial score (nSPS) is 11.0. The zero-order valence-electron chi connectivity index (χ0n) is 11.5. The highest BCUT2D eigenvalue weighted by Crippen LogP contribution is 2.21. The molecule has 0 aliphatic heterocycles. The van der Waals surface area contributed by atoms with Crippen molar-refractivity contribution >= 4 is 17.9 Å². The zero-order valence-corrected chi connectivity index (χ0v) is 11.5. The first kappa shape index (κ1) is 13.9. The molecule has 2 aromatic rings. The molecule has 2 rings (SSSR count). The fourth-order valence-electron chi connectivity index (χ4n) is 1.85. The topological polar surface area (TPSA) is 35.5 Å². The van der Waals surface area contributed by atoms with Crippen molar-refractivity contribution in [3.63, 3.8) is 0 Å². The first-order valence-corrected chi connectivity index (χ1v) is 6.22. The van der Waals surface area contributed by atoms with E-state index in [4.69, 9.17) is 9.47 Å². The van der Waals surface area contributed by atoms with Crippen LogP contribution in [0.15, 0.2) is 48.5 Å². The van der Waals surface area contributed by atoms with Crippen LogP contribution in [0.3, 0.4) is 0 Å². The van der Waals surface area contributed by atoms with Gasteiger partial charge in [0.05, 0.1) is 14.2 Å². The molecule has 0 unspecified atom stereocenters. The summed E-state index contributed by atoms with van der Waals surface area (Å²) in [7, 11) is 3.24. The van der Waals surface area contributed by atoms with Crippen LogP contribution >= 0.6 is 0 Å². The van der Waals surface area contributed by atoms with Gasteiger partial charge in [-0.1, -0.05) is 24.3 Å². The number of allylic oxidation sites excluding steroid dienone is 1. The summed E-state index contributed by atoms with van der Waals surface area (Å²) >= 11 is 0. The number of aldehydes is 1. The van der Waals surface area contributed by atoms with E-state index >= 15 is 0 Å². The summed E-state index contributed by atoms with van der Waals surface area (Å²) in [4.78, 5) is 11.3. The lowest BCUT2D eigenvalue weighted by molar-refractivity contribution is -0.103. The second-order valence-corrected chi connectivity index (χ2v) is 4.22. The fourth-order valence-corrected chi connectivity index (χ4v) is 1.85. The molecule has 0 aliphatic carbocycles. The third-order valence-corrected chi connectivity index (χ3v) is 2.99. The van der Waals surface area contributed by atoms with Gasteiger partial charge in [0.2, 0.25) is 0 Å². The van der Waals surface area contributed by atoms with E-state index in [1.54, 1.807) is 14.2 Å². The van der Waals surface area contributed by atoms with Crippen molar-refractivity contribution in [1.29, 1.82) is 0 Å². The summed E-state index contributed by atoms with van der Waals surface area (Å²) in [5, 5.41) is 0. The first-order chi connectivity index (χ1) is 9.76. The number of carbonyl (C=O) groups excluding carboxylic acids is 1. The maximum Gasteiger partial charge on any atom is 0.150 e. The lowest BCUT2D eigenvalue weighted by Crippen LogP contribution is -1.88. The van der Waals surface area contributed by atoms with Gasteiger partial charge in [0.15, 0.2) is 6.29 Å². The lowest BCUT2D eigenvalue weighted by Gasteiger charge is -2.04. The van der Waals surface area contributed by atoms with Gasteiger partial charge in [-0.2, -0.15) is 0 Å². The maximum atomic E-state index is 11.3. The molecule has 0 aromatic heterocycles. The van der Waals surface area contributed by atoms with E-state index in [2.05, 4.69) is 0 Å². The third kappa shape index (κ3) is 3.26. The molecular weight excluding hydrogens is 252 g/mol. The Morgan fingerprint density at radius 1 is 0.850 bits per heavy atom. The summed E-state index contributed by atoms with van der Waals surface area (Å²) in [5.41, 5.74) is 2.43. The molecule has 0 fully saturated rings. The van der Waals surface area contributed by atoms with Crippen LogP contribution in [0.5, 0.6) is 11.5 Å². The summed E-state index contributed by atoms with van der Waals surface area (Å²) in [6, 6.07) is 14.9. The van der Waals surface area contributed by atoms with Crippen molar-refractivity contribution < 1.29 is 14.3 Å². The molecule has 2 aromatic carbocycles. The Kier molecular flexibility index (Phi) is 4.56.